The van der Waals surface area contributed by atoms with E-state index >= 15 is 0 Å². The van der Waals surface area contributed by atoms with Crippen molar-refractivity contribution in [2.24, 2.45) is 0 Å². The van der Waals surface area contributed by atoms with Crippen LogP contribution in [0.3, 0.4) is 0 Å². The zero-order valence-electron chi connectivity index (χ0n) is 15.3. The highest BCUT2D eigenvalue weighted by Crippen LogP contribution is 2.09. The molecule has 0 spiro atoms. The largest absolute Gasteiger partial charge is 0.352 e. The molecule has 2 aromatic heterocycles. The molecule has 1 amide bonds. The van der Waals surface area contributed by atoms with E-state index in [1.807, 2.05) is 36.5 Å². The molecule has 140 valence electrons. The van der Waals surface area contributed by atoms with Crippen LogP contribution in [0.2, 0.25) is 0 Å². The number of aromatic nitrogens is 5. The van der Waals surface area contributed by atoms with Crippen LogP contribution in [0.4, 0.5) is 0 Å². The van der Waals surface area contributed by atoms with Gasteiger partial charge in [-0.05, 0) is 29.8 Å². The molecule has 4 rings (SSSR count). The topological polar surface area (TPSA) is 77.6 Å². The first-order valence-corrected chi connectivity index (χ1v) is 9.07. The minimum Gasteiger partial charge on any atom is -0.352 e. The fourth-order valence-corrected chi connectivity index (χ4v) is 2.99. The maximum atomic E-state index is 12.4. The van der Waals surface area contributed by atoms with Crippen LogP contribution in [-0.2, 0) is 13.0 Å². The smallest absolute Gasteiger partial charge is 0.251 e. The van der Waals surface area contributed by atoms with E-state index in [4.69, 9.17) is 0 Å². The molecule has 2 heterocycles. The van der Waals surface area contributed by atoms with Crippen LogP contribution in [0.5, 0.6) is 0 Å². The normalized spacial score (nSPS) is 10.7. The number of benzene rings is 2. The number of carbonyl (C=O) groups excluding carboxylic acids is 1. The van der Waals surface area contributed by atoms with Gasteiger partial charge in [-0.2, -0.15) is 5.10 Å². The fraction of sp³-hybridized carbons (Fsp3) is 0.143. The summed E-state index contributed by atoms with van der Waals surface area (Å²) >= 11 is 0. The predicted molar refractivity (Wildman–Crippen MR) is 105 cm³/mol. The van der Waals surface area contributed by atoms with Gasteiger partial charge >= 0.3 is 0 Å². The number of carbonyl (C=O) groups is 1. The van der Waals surface area contributed by atoms with Gasteiger partial charge in [0.2, 0.25) is 0 Å². The van der Waals surface area contributed by atoms with Crippen molar-refractivity contribution in [3.8, 4) is 5.69 Å². The molecule has 1 N–H and O–H groups in total. The lowest BCUT2D eigenvalue weighted by molar-refractivity contribution is 0.0954. The number of imidazole rings is 1. The van der Waals surface area contributed by atoms with E-state index in [1.54, 1.807) is 29.3 Å². The summed E-state index contributed by atoms with van der Waals surface area (Å²) in [5.41, 5.74) is 2.69. The van der Waals surface area contributed by atoms with Gasteiger partial charge in [-0.3, -0.25) is 4.79 Å². The van der Waals surface area contributed by atoms with Crippen molar-refractivity contribution in [2.45, 2.75) is 13.0 Å². The van der Waals surface area contributed by atoms with Gasteiger partial charge in [0.15, 0.2) is 0 Å². The van der Waals surface area contributed by atoms with Gasteiger partial charge in [-0.15, -0.1) is 0 Å². The zero-order chi connectivity index (χ0) is 19.2. The number of amides is 1. The van der Waals surface area contributed by atoms with Crippen molar-refractivity contribution < 1.29 is 4.79 Å². The maximum absolute atomic E-state index is 12.4. The Morgan fingerprint density at radius 2 is 1.86 bits per heavy atom. The van der Waals surface area contributed by atoms with Crippen LogP contribution in [0, 0.1) is 0 Å². The van der Waals surface area contributed by atoms with Crippen LogP contribution in [-0.4, -0.2) is 36.8 Å². The Labute approximate surface area is 162 Å². The summed E-state index contributed by atoms with van der Waals surface area (Å²) in [5.74, 6) is 0.844. The summed E-state index contributed by atoms with van der Waals surface area (Å²) in [6, 6.07) is 17.5. The highest BCUT2D eigenvalue weighted by atomic mass is 16.1. The lowest BCUT2D eigenvalue weighted by Crippen LogP contribution is -2.26. The van der Waals surface area contributed by atoms with Crippen molar-refractivity contribution in [3.05, 3.63) is 96.6 Å². The van der Waals surface area contributed by atoms with Crippen LogP contribution >= 0.6 is 0 Å². The highest BCUT2D eigenvalue weighted by Gasteiger charge is 2.08. The molecule has 2 aromatic carbocycles. The van der Waals surface area contributed by atoms with E-state index in [9.17, 15) is 4.79 Å². The van der Waals surface area contributed by atoms with Crippen LogP contribution < -0.4 is 5.32 Å². The molecule has 0 aliphatic rings. The number of nitrogens with zero attached hydrogens (tertiary/aromatic N) is 5. The Balaban J connectivity index is 1.32. The third-order valence-corrected chi connectivity index (χ3v) is 4.44. The molecular formula is C21H20N6O. The highest BCUT2D eigenvalue weighted by molar-refractivity contribution is 5.94. The number of rotatable bonds is 7. The average molecular weight is 372 g/mol. The number of hydrogen-bond acceptors (Lipinski definition) is 4. The SMILES string of the molecule is O=C(NCCc1nccn1Cc1ccccc1)c1ccc(-n2cncn2)cc1. The van der Waals surface area contributed by atoms with Crippen LogP contribution in [0.1, 0.15) is 21.7 Å². The summed E-state index contributed by atoms with van der Waals surface area (Å²) in [4.78, 5) is 20.7. The molecule has 0 fully saturated rings. The van der Waals surface area contributed by atoms with Crippen molar-refractivity contribution in [1.82, 2.24) is 29.6 Å². The van der Waals surface area contributed by atoms with Crippen molar-refractivity contribution in [2.75, 3.05) is 6.54 Å². The molecule has 7 nitrogen and oxygen atoms in total. The van der Waals surface area contributed by atoms with Gasteiger partial charge in [0.25, 0.3) is 5.91 Å². The first kappa shape index (κ1) is 17.7. The molecular weight excluding hydrogens is 352 g/mol. The molecule has 0 atom stereocenters. The van der Waals surface area contributed by atoms with Crippen molar-refractivity contribution >= 4 is 5.91 Å². The molecule has 0 unspecified atom stereocenters. The van der Waals surface area contributed by atoms with Crippen LogP contribution in [0.15, 0.2) is 79.6 Å². The summed E-state index contributed by atoms with van der Waals surface area (Å²) < 4.78 is 3.75. The molecule has 0 radical (unpaired) electrons. The van der Waals surface area contributed by atoms with Gasteiger partial charge in [0.1, 0.15) is 18.5 Å². The first-order chi connectivity index (χ1) is 13.8. The Morgan fingerprint density at radius 3 is 2.61 bits per heavy atom. The molecule has 0 aliphatic heterocycles. The summed E-state index contributed by atoms with van der Waals surface area (Å²) in [6.45, 7) is 1.29. The molecule has 0 aliphatic carbocycles. The van der Waals surface area contributed by atoms with E-state index in [0.717, 1.165) is 18.1 Å². The summed E-state index contributed by atoms with van der Waals surface area (Å²) in [6.07, 6.45) is 7.52. The van der Waals surface area contributed by atoms with Crippen LogP contribution in [0.25, 0.3) is 5.69 Å². The fourth-order valence-electron chi connectivity index (χ4n) is 2.99. The second-order valence-corrected chi connectivity index (χ2v) is 6.35. The van der Waals surface area contributed by atoms with Gasteiger partial charge in [0, 0.05) is 37.5 Å². The molecule has 28 heavy (non-hydrogen) atoms. The second kappa shape index (κ2) is 8.30. The lowest BCUT2D eigenvalue weighted by Gasteiger charge is -2.09. The predicted octanol–water partition coefficient (Wildman–Crippen LogP) is 2.48. The Kier molecular flexibility index (Phi) is 5.24. The van der Waals surface area contributed by atoms with E-state index in [0.29, 0.717) is 18.5 Å². The van der Waals surface area contributed by atoms with Gasteiger partial charge in [-0.1, -0.05) is 30.3 Å². The van der Waals surface area contributed by atoms with E-state index < -0.39 is 0 Å². The zero-order valence-corrected chi connectivity index (χ0v) is 15.3. The monoisotopic (exact) mass is 372 g/mol. The average Bonchev–Trinajstić information content (AvgIpc) is 3.42. The van der Waals surface area contributed by atoms with Gasteiger partial charge in [-0.25, -0.2) is 14.6 Å². The lowest BCUT2D eigenvalue weighted by atomic mass is 10.2. The molecule has 7 heteroatoms. The standard InChI is InChI=1S/C21H20N6O/c28-21(18-6-8-19(9-7-18)27-16-22-15-25-27)24-11-10-20-23-12-13-26(20)14-17-4-2-1-3-5-17/h1-9,12-13,15-16H,10-11,14H2,(H,24,28). The number of nitrogens with one attached hydrogen (secondary N) is 1. The van der Waals surface area contributed by atoms with Gasteiger partial charge < -0.3 is 9.88 Å². The molecule has 0 saturated carbocycles. The minimum atomic E-state index is -0.105. The Bertz CT molecular complexity index is 1020. The summed E-state index contributed by atoms with van der Waals surface area (Å²) in [5, 5.41) is 7.03. The second-order valence-electron chi connectivity index (χ2n) is 6.35. The molecule has 0 bridgehead atoms. The molecule has 0 saturated heterocycles. The van der Waals surface area contributed by atoms with E-state index in [2.05, 4.69) is 37.1 Å². The van der Waals surface area contributed by atoms with Crippen molar-refractivity contribution in [1.29, 1.82) is 0 Å². The Morgan fingerprint density at radius 1 is 1.04 bits per heavy atom. The van der Waals surface area contributed by atoms with E-state index in [-0.39, 0.29) is 5.91 Å². The summed E-state index contributed by atoms with van der Waals surface area (Å²) in [7, 11) is 0. The first-order valence-electron chi connectivity index (χ1n) is 9.07. The quantitative estimate of drug-likeness (QED) is 0.541. The molecule has 4 aromatic rings. The maximum Gasteiger partial charge on any atom is 0.251 e. The number of hydrogen-bond donors (Lipinski definition) is 1. The van der Waals surface area contributed by atoms with Crippen molar-refractivity contribution in [3.63, 3.8) is 0 Å². The minimum absolute atomic E-state index is 0.105. The third kappa shape index (κ3) is 4.15. The van der Waals surface area contributed by atoms with E-state index in [1.165, 1.54) is 11.9 Å². The Hall–Kier alpha value is -3.74. The van der Waals surface area contributed by atoms with Gasteiger partial charge in [0.05, 0.1) is 5.69 Å². The third-order valence-electron chi connectivity index (χ3n) is 4.44.